The second kappa shape index (κ2) is 6.92. The van der Waals surface area contributed by atoms with Crippen LogP contribution in [0, 0.1) is 0 Å². The van der Waals surface area contributed by atoms with Crippen molar-refractivity contribution in [3.05, 3.63) is 70.3 Å². The SMILES string of the molecule is C[C@H](c1ccccc1)N1Cc2cc3c(cc2CC1=O)CN=C3OCCO. The Hall–Kier alpha value is -2.66. The van der Waals surface area contributed by atoms with E-state index in [4.69, 9.17) is 9.84 Å². The van der Waals surface area contributed by atoms with Gasteiger partial charge in [-0.1, -0.05) is 36.4 Å². The van der Waals surface area contributed by atoms with E-state index in [-0.39, 0.29) is 25.2 Å². The molecule has 2 aromatic carbocycles. The lowest BCUT2D eigenvalue weighted by Gasteiger charge is -2.34. The van der Waals surface area contributed by atoms with E-state index in [9.17, 15) is 4.79 Å². The maximum Gasteiger partial charge on any atom is 0.227 e. The number of aliphatic hydroxyl groups excluding tert-OH is 1. The molecule has 2 aliphatic rings. The average molecular weight is 350 g/mol. The highest BCUT2D eigenvalue weighted by Crippen LogP contribution is 2.32. The van der Waals surface area contributed by atoms with E-state index in [0.717, 1.165) is 27.8 Å². The van der Waals surface area contributed by atoms with Crippen molar-refractivity contribution >= 4 is 11.8 Å². The summed E-state index contributed by atoms with van der Waals surface area (Å²) >= 11 is 0. The van der Waals surface area contributed by atoms with Crippen molar-refractivity contribution in [2.75, 3.05) is 13.2 Å². The first-order chi connectivity index (χ1) is 12.7. The third-order valence-corrected chi connectivity index (χ3v) is 5.13. The highest BCUT2D eigenvalue weighted by Gasteiger charge is 2.30. The zero-order chi connectivity index (χ0) is 18.1. The second-order valence-corrected chi connectivity index (χ2v) is 6.76. The van der Waals surface area contributed by atoms with E-state index in [1.807, 2.05) is 23.1 Å². The van der Waals surface area contributed by atoms with Gasteiger partial charge in [-0.15, -0.1) is 0 Å². The Morgan fingerprint density at radius 3 is 2.77 bits per heavy atom. The summed E-state index contributed by atoms with van der Waals surface area (Å²) < 4.78 is 5.55. The summed E-state index contributed by atoms with van der Waals surface area (Å²) in [7, 11) is 0. The molecular formula is C21H22N2O3. The molecule has 0 saturated heterocycles. The van der Waals surface area contributed by atoms with Crippen molar-refractivity contribution in [2.24, 2.45) is 4.99 Å². The van der Waals surface area contributed by atoms with Gasteiger partial charge in [0.25, 0.3) is 0 Å². The van der Waals surface area contributed by atoms with E-state index >= 15 is 0 Å². The predicted octanol–water partition coefficient (Wildman–Crippen LogP) is 2.60. The van der Waals surface area contributed by atoms with Crippen molar-refractivity contribution in [1.29, 1.82) is 0 Å². The predicted molar refractivity (Wildman–Crippen MR) is 98.8 cm³/mol. The number of carbonyl (C=O) groups is 1. The molecule has 4 rings (SSSR count). The van der Waals surface area contributed by atoms with Gasteiger partial charge in [-0.3, -0.25) is 4.79 Å². The fraction of sp³-hybridized carbons (Fsp3) is 0.333. The Balaban J connectivity index is 1.61. The zero-order valence-electron chi connectivity index (χ0n) is 14.8. The van der Waals surface area contributed by atoms with Crippen molar-refractivity contribution in [2.45, 2.75) is 32.5 Å². The number of aliphatic hydroxyl groups is 1. The lowest BCUT2D eigenvalue weighted by atomic mass is 9.92. The van der Waals surface area contributed by atoms with E-state index in [2.05, 4.69) is 36.2 Å². The van der Waals surface area contributed by atoms with Gasteiger partial charge in [-0.2, -0.15) is 0 Å². The first kappa shape index (κ1) is 16.8. The summed E-state index contributed by atoms with van der Waals surface area (Å²) in [5.41, 5.74) is 5.45. The molecule has 0 unspecified atom stereocenters. The standard InChI is InChI=1S/C21H22N2O3/c1-14(15-5-3-2-4-6-15)23-13-18-10-19-17(9-16(18)11-20(23)25)12-22-21(19)26-8-7-24/h2-6,9-10,14,24H,7-8,11-13H2,1H3/t14-/m1/s1. The zero-order valence-corrected chi connectivity index (χ0v) is 14.8. The number of hydrogen-bond donors (Lipinski definition) is 1. The van der Waals surface area contributed by atoms with E-state index in [1.54, 1.807) is 0 Å². The van der Waals surface area contributed by atoms with Crippen LogP contribution in [0.4, 0.5) is 0 Å². The summed E-state index contributed by atoms with van der Waals surface area (Å²) in [5.74, 6) is 0.751. The molecule has 0 spiro atoms. The van der Waals surface area contributed by atoms with Crippen LogP contribution in [0.2, 0.25) is 0 Å². The van der Waals surface area contributed by atoms with E-state index < -0.39 is 0 Å². The van der Waals surface area contributed by atoms with Gasteiger partial charge in [0.1, 0.15) is 6.61 Å². The number of nitrogens with zero attached hydrogens (tertiary/aromatic N) is 2. The molecule has 5 nitrogen and oxygen atoms in total. The van der Waals surface area contributed by atoms with Gasteiger partial charge in [0.05, 0.1) is 25.6 Å². The minimum absolute atomic E-state index is 0.0314. The number of hydrogen-bond acceptors (Lipinski definition) is 4. The van der Waals surface area contributed by atoms with Crippen LogP contribution in [-0.4, -0.2) is 35.0 Å². The number of amides is 1. The Morgan fingerprint density at radius 2 is 2.00 bits per heavy atom. The quantitative estimate of drug-likeness (QED) is 0.922. The van der Waals surface area contributed by atoms with Gasteiger partial charge < -0.3 is 14.7 Å². The molecule has 0 fully saturated rings. The van der Waals surface area contributed by atoms with Crippen LogP contribution < -0.4 is 0 Å². The maximum absolute atomic E-state index is 12.7. The molecule has 2 heterocycles. The third-order valence-electron chi connectivity index (χ3n) is 5.13. The Kier molecular flexibility index (Phi) is 4.47. The molecule has 0 aromatic heterocycles. The Labute approximate surface area is 152 Å². The van der Waals surface area contributed by atoms with Crippen LogP contribution in [0.1, 0.15) is 40.8 Å². The molecule has 0 bridgehead atoms. The minimum atomic E-state index is -0.0316. The van der Waals surface area contributed by atoms with Gasteiger partial charge in [0, 0.05) is 12.1 Å². The largest absolute Gasteiger partial charge is 0.475 e. The number of benzene rings is 2. The molecule has 5 heteroatoms. The number of fused-ring (bicyclic) bond motifs is 2. The second-order valence-electron chi connectivity index (χ2n) is 6.76. The first-order valence-corrected chi connectivity index (χ1v) is 8.95. The van der Waals surface area contributed by atoms with Gasteiger partial charge in [0.15, 0.2) is 0 Å². The summed E-state index contributed by atoms with van der Waals surface area (Å²) in [5, 5.41) is 8.98. The Bertz CT molecular complexity index is 861. The third kappa shape index (κ3) is 2.99. The molecule has 0 aliphatic carbocycles. The molecule has 0 saturated carbocycles. The van der Waals surface area contributed by atoms with Crippen LogP contribution >= 0.6 is 0 Å². The summed E-state index contributed by atoms with van der Waals surface area (Å²) in [6, 6.07) is 14.3. The number of carbonyl (C=O) groups excluding carboxylic acids is 1. The van der Waals surface area contributed by atoms with Crippen molar-refractivity contribution in [1.82, 2.24) is 4.90 Å². The molecule has 2 aliphatic heterocycles. The molecule has 134 valence electrons. The first-order valence-electron chi connectivity index (χ1n) is 8.95. The van der Waals surface area contributed by atoms with Gasteiger partial charge in [0.2, 0.25) is 11.8 Å². The van der Waals surface area contributed by atoms with Crippen molar-refractivity contribution < 1.29 is 14.6 Å². The fourth-order valence-corrected chi connectivity index (χ4v) is 3.69. The molecule has 0 radical (unpaired) electrons. The highest BCUT2D eigenvalue weighted by molar-refractivity contribution is 5.98. The van der Waals surface area contributed by atoms with Crippen LogP contribution in [0.3, 0.4) is 0 Å². The lowest BCUT2D eigenvalue weighted by Crippen LogP contribution is -2.38. The van der Waals surface area contributed by atoms with E-state index in [0.29, 0.717) is 25.4 Å². The average Bonchev–Trinajstić information content (AvgIpc) is 3.06. The summed E-state index contributed by atoms with van der Waals surface area (Å²) in [6.45, 7) is 3.44. The van der Waals surface area contributed by atoms with Gasteiger partial charge in [-0.25, -0.2) is 4.99 Å². The smallest absolute Gasteiger partial charge is 0.227 e. The lowest BCUT2D eigenvalue weighted by molar-refractivity contribution is -0.134. The van der Waals surface area contributed by atoms with Crippen molar-refractivity contribution in [3.8, 4) is 0 Å². The monoisotopic (exact) mass is 350 g/mol. The number of aliphatic imine (C=N–C) groups is 1. The van der Waals surface area contributed by atoms with Crippen LogP contribution in [0.15, 0.2) is 47.5 Å². The van der Waals surface area contributed by atoms with Crippen molar-refractivity contribution in [3.63, 3.8) is 0 Å². The van der Waals surface area contributed by atoms with Gasteiger partial charge in [-0.05, 0) is 35.2 Å². The molecule has 26 heavy (non-hydrogen) atoms. The maximum atomic E-state index is 12.7. The molecule has 1 amide bonds. The topological polar surface area (TPSA) is 62.1 Å². The molecular weight excluding hydrogens is 328 g/mol. The number of rotatable bonds is 4. The molecule has 1 N–H and O–H groups in total. The Morgan fingerprint density at radius 1 is 1.19 bits per heavy atom. The van der Waals surface area contributed by atoms with Crippen LogP contribution in [0.5, 0.6) is 0 Å². The fourth-order valence-electron chi connectivity index (χ4n) is 3.69. The van der Waals surface area contributed by atoms with E-state index in [1.165, 1.54) is 0 Å². The summed E-state index contributed by atoms with van der Waals surface area (Å²) in [6.07, 6.45) is 0.423. The van der Waals surface area contributed by atoms with Crippen LogP contribution in [0.25, 0.3) is 0 Å². The molecule has 2 aromatic rings. The minimum Gasteiger partial charge on any atom is -0.475 e. The van der Waals surface area contributed by atoms with Gasteiger partial charge >= 0.3 is 0 Å². The normalized spacial score (nSPS) is 16.8. The highest BCUT2D eigenvalue weighted by atomic mass is 16.5. The molecule has 1 atom stereocenters. The summed E-state index contributed by atoms with van der Waals surface area (Å²) in [4.78, 5) is 19.1. The van der Waals surface area contributed by atoms with Crippen LogP contribution in [-0.2, 0) is 29.0 Å². The number of ether oxygens (including phenoxy) is 1.